The topological polar surface area (TPSA) is 219 Å². The molecule has 0 amide bonds. The van der Waals surface area contributed by atoms with E-state index in [9.17, 15) is 0 Å². The number of hydrogen-bond acceptors (Lipinski definition) is 17. The molecule has 0 aromatic carbocycles. The van der Waals surface area contributed by atoms with E-state index in [1.54, 1.807) is 43.6 Å². The monoisotopic (exact) mass is 1950 g/mol. The molecule has 11 aromatic rings. The van der Waals surface area contributed by atoms with Crippen LogP contribution in [0, 0.1) is 76.2 Å². The van der Waals surface area contributed by atoms with Crippen LogP contribution in [0.1, 0.15) is 491 Å². The first kappa shape index (κ1) is 151. The number of rotatable bonds is 0. The molecule has 0 aliphatic rings. The lowest BCUT2D eigenvalue weighted by molar-refractivity contribution is 0.553. The third-order valence-electron chi connectivity index (χ3n) is 19.0. The predicted molar refractivity (Wildman–Crippen MR) is 625 cm³/mol. The molecule has 11 heterocycles. The summed E-state index contributed by atoms with van der Waals surface area (Å²) in [5.74, 6) is 0. The van der Waals surface area contributed by atoms with E-state index < -0.39 is 0 Å². The highest BCUT2D eigenvalue weighted by atomic mass is 15.1. The first-order chi connectivity index (χ1) is 65.2. The van der Waals surface area contributed by atoms with E-state index >= 15 is 0 Å². The Bertz CT molecular complexity index is 3890. The van der Waals surface area contributed by atoms with E-state index in [1.165, 1.54) is 78.0 Å². The molecular weight excluding hydrogens is 1730 g/mol. The minimum absolute atomic E-state index is 0.109. The Labute approximate surface area is 872 Å². The number of hydrogen-bond donors (Lipinski definition) is 0. The maximum atomic E-state index is 4.35. The molecule has 0 atom stereocenters. The van der Waals surface area contributed by atoms with E-state index in [1.807, 2.05) is 259 Å². The minimum Gasteiger partial charge on any atom is -0.264 e. The highest BCUT2D eigenvalue weighted by molar-refractivity contribution is 5.32. The van der Waals surface area contributed by atoms with Crippen LogP contribution in [-0.4, -0.2) is 85.4 Å². The summed E-state index contributed by atoms with van der Waals surface area (Å²) in [5.41, 5.74) is 28.4. The second kappa shape index (κ2) is 78.7. The molecule has 800 valence electrons. The SMILES string of the molecule is CC.CC.CC.CC.CC.CC.CC.CC.CC.CC.Cc1ccc(C(C)(C)C)cn1.Cc1cccnc1C(C)(C)C.Cc1ccncc1C(C)(C)C.Cc1ccnnc1C(C)(C)C.Cc1cnccc1C(C)(C)C.Cc1cncnc1C(C)(C)C.Cc1cnncc1C(C)(C)C.Cc1ncccc1C(C)(C)C.Cc1nccnc1C(C)(C)C.Cc1ncncc1C(C)(C)C.Cc1nnccc1C(C)(C)C. The Balaban J connectivity index is -0.000000164. The first-order valence-corrected chi connectivity index (χ1v) is 52.4. The van der Waals surface area contributed by atoms with Crippen molar-refractivity contribution in [2.45, 2.75) is 503 Å². The van der Waals surface area contributed by atoms with Gasteiger partial charge in [-0.05, 0) is 229 Å². The largest absolute Gasteiger partial charge is 0.264 e. The van der Waals surface area contributed by atoms with Gasteiger partial charge in [-0.3, -0.25) is 34.9 Å². The van der Waals surface area contributed by atoms with Gasteiger partial charge in [-0.25, -0.2) is 19.9 Å². The summed E-state index contributed by atoms with van der Waals surface area (Å²) in [5, 5.41) is 23.4. The maximum absolute atomic E-state index is 4.35. The summed E-state index contributed by atoms with van der Waals surface area (Å²) in [6, 6.07) is 20.6. The van der Waals surface area contributed by atoms with E-state index in [0.29, 0.717) is 0 Å². The standard InChI is InChI=1S/5C10H15N.6C9H14N2.10C2H6/c1-8-7-11-6-5-9(8)10(2,3)4;1-8-5-6-11-7-9(8)10(2,3)4;1-8-5-6-9(7-11-8)10(2,3)4;1-8-9(10(2,3)4)6-5-7-11-8;1-8-6-5-7-11-9(8)10(2,3)4;1-7-8(9(2,3)4)5-10-6-11-7;1-7-5-10-6-11-8(7)9(2,3)4;1-7-5-10-11-6-8(7)9(2,3)4;1-7-8(9(2,3)4)11-6-5-10-7;1-7-8(9(2,3)4)5-6-10-11-7;1-7-5-6-10-11-8(7)9(2,3)4;10*1-2/h5*5-7H,1-4H3;6*5-6H,1-4H3;10*1-2H3. The third kappa shape index (κ3) is 68.9. The number of pyridine rings is 5. The fraction of sp³-hybridized carbons (Fsp3) is 0.605. The average molecular weight is 1950 g/mol. The lowest BCUT2D eigenvalue weighted by Crippen LogP contribution is -2.15. The second-order valence-electron chi connectivity index (χ2n) is 42.4. The van der Waals surface area contributed by atoms with Crippen LogP contribution in [-0.2, 0) is 59.6 Å². The highest BCUT2D eigenvalue weighted by Gasteiger charge is 2.24. The van der Waals surface area contributed by atoms with Crippen molar-refractivity contribution in [1.29, 1.82) is 0 Å². The van der Waals surface area contributed by atoms with Crippen molar-refractivity contribution in [1.82, 2.24) is 85.4 Å². The van der Waals surface area contributed by atoms with Crippen LogP contribution >= 0.6 is 0 Å². The van der Waals surface area contributed by atoms with Gasteiger partial charge in [0.25, 0.3) is 0 Å². The quantitative estimate of drug-likeness (QED) is 0.138. The van der Waals surface area contributed by atoms with Gasteiger partial charge >= 0.3 is 0 Å². The van der Waals surface area contributed by atoms with Gasteiger partial charge in [-0.15, -0.1) is 0 Å². The normalized spacial score (nSPS) is 10.4. The molecule has 0 unspecified atom stereocenters. The van der Waals surface area contributed by atoms with Gasteiger partial charge in [0, 0.05) is 125 Å². The van der Waals surface area contributed by atoms with Crippen molar-refractivity contribution in [2.75, 3.05) is 0 Å². The molecule has 0 fully saturated rings. The van der Waals surface area contributed by atoms with Crippen LogP contribution in [0.5, 0.6) is 0 Å². The van der Waals surface area contributed by atoms with Crippen LogP contribution < -0.4 is 0 Å². The van der Waals surface area contributed by atoms with Gasteiger partial charge in [-0.2, -0.15) is 30.6 Å². The fourth-order valence-electron chi connectivity index (χ4n) is 13.0. The Morgan fingerprint density at radius 3 is 0.816 bits per heavy atom. The lowest BCUT2D eigenvalue weighted by atomic mass is 9.85. The van der Waals surface area contributed by atoms with Crippen molar-refractivity contribution in [3.05, 3.63) is 290 Å². The average Bonchev–Trinajstić information content (AvgIpc) is 0.856. The lowest BCUT2D eigenvalue weighted by Gasteiger charge is -2.20. The zero-order chi connectivity index (χ0) is 113. The van der Waals surface area contributed by atoms with E-state index in [-0.39, 0.29) is 59.6 Å². The van der Waals surface area contributed by atoms with Crippen LogP contribution in [0.3, 0.4) is 0 Å². The van der Waals surface area contributed by atoms with Crippen molar-refractivity contribution in [3.63, 3.8) is 0 Å². The minimum atomic E-state index is 0.109. The predicted octanol–water partition coefficient (Wildman–Crippen LogP) is 36.2. The number of aromatic nitrogens is 17. The molecule has 0 N–H and O–H groups in total. The molecule has 141 heavy (non-hydrogen) atoms. The summed E-state index contributed by atoms with van der Waals surface area (Å²) < 4.78 is 0. The molecule has 11 aromatic heterocycles. The molecule has 17 heteroatoms. The summed E-state index contributed by atoms with van der Waals surface area (Å²) in [7, 11) is 0. The Morgan fingerprint density at radius 2 is 0.504 bits per heavy atom. The fourth-order valence-corrected chi connectivity index (χ4v) is 13.0. The molecule has 0 saturated carbocycles. The summed E-state index contributed by atoms with van der Waals surface area (Å²) in [6.07, 6.45) is 30.7. The van der Waals surface area contributed by atoms with E-state index in [2.05, 4.69) is 392 Å². The number of aryl methyl sites for hydroxylation is 11. The van der Waals surface area contributed by atoms with Gasteiger partial charge in [0.1, 0.15) is 12.7 Å². The van der Waals surface area contributed by atoms with Crippen molar-refractivity contribution in [3.8, 4) is 0 Å². The van der Waals surface area contributed by atoms with Gasteiger partial charge in [0.2, 0.25) is 0 Å². The Kier molecular flexibility index (Phi) is 84.5. The van der Waals surface area contributed by atoms with Gasteiger partial charge in [0.15, 0.2) is 0 Å². The van der Waals surface area contributed by atoms with Crippen LogP contribution in [0.15, 0.2) is 166 Å². The van der Waals surface area contributed by atoms with Crippen molar-refractivity contribution in [2.24, 2.45) is 0 Å². The number of nitrogens with zero attached hydrogens (tertiary/aromatic N) is 17. The zero-order valence-electron chi connectivity index (χ0n) is 104. The Morgan fingerprint density at radius 1 is 0.170 bits per heavy atom. The van der Waals surface area contributed by atoms with Gasteiger partial charge in [0.05, 0.1) is 40.9 Å². The van der Waals surface area contributed by atoms with Crippen LogP contribution in [0.4, 0.5) is 0 Å². The molecule has 0 aliphatic carbocycles. The van der Waals surface area contributed by atoms with E-state index in [0.717, 1.165) is 45.6 Å². The molecule has 17 nitrogen and oxygen atoms in total. The molecule has 0 spiro atoms. The van der Waals surface area contributed by atoms with Gasteiger partial charge < -0.3 is 0 Å². The molecular formula is C124H219N17. The second-order valence-corrected chi connectivity index (χ2v) is 42.4. The van der Waals surface area contributed by atoms with Crippen molar-refractivity contribution < 1.29 is 0 Å². The van der Waals surface area contributed by atoms with Crippen LogP contribution in [0.25, 0.3) is 0 Å². The van der Waals surface area contributed by atoms with E-state index in [4.69, 9.17) is 0 Å². The molecule has 0 radical (unpaired) electrons. The Hall–Kier alpha value is -9.77. The summed E-state index contributed by atoms with van der Waals surface area (Å²) >= 11 is 0. The van der Waals surface area contributed by atoms with Gasteiger partial charge in [-0.1, -0.05) is 385 Å². The molecule has 0 saturated heterocycles. The maximum Gasteiger partial charge on any atom is 0.115 e. The molecule has 0 aliphatic heterocycles. The molecule has 11 rings (SSSR count). The molecule has 0 bridgehead atoms. The summed E-state index contributed by atoms with van der Waals surface area (Å²) in [6.45, 7) is 134. The summed E-state index contributed by atoms with van der Waals surface area (Å²) in [4.78, 5) is 45.8. The third-order valence-corrected chi connectivity index (χ3v) is 19.0. The van der Waals surface area contributed by atoms with Crippen LogP contribution in [0.2, 0.25) is 0 Å². The smallest absolute Gasteiger partial charge is 0.115 e. The highest BCUT2D eigenvalue weighted by Crippen LogP contribution is 2.31. The van der Waals surface area contributed by atoms with Crippen molar-refractivity contribution >= 4 is 0 Å². The zero-order valence-corrected chi connectivity index (χ0v) is 104. The first-order valence-electron chi connectivity index (χ1n) is 52.4.